The van der Waals surface area contributed by atoms with Gasteiger partial charge in [0.05, 0.1) is 0 Å². The molecule has 0 saturated heterocycles. The molecule has 0 fully saturated rings. The zero-order chi connectivity index (χ0) is 14.1. The molecule has 2 aromatic heterocycles. The molecule has 1 aliphatic rings. The van der Waals surface area contributed by atoms with E-state index >= 15 is 0 Å². The van der Waals surface area contributed by atoms with Crippen molar-refractivity contribution in [3.05, 3.63) is 17.0 Å². The van der Waals surface area contributed by atoms with Crippen LogP contribution in [0.3, 0.4) is 0 Å². The van der Waals surface area contributed by atoms with E-state index < -0.39 is 0 Å². The third-order valence-electron chi connectivity index (χ3n) is 4.27. The minimum absolute atomic E-state index is 0.585. The van der Waals surface area contributed by atoms with E-state index in [1.165, 1.54) is 35.2 Å². The van der Waals surface area contributed by atoms with Crippen LogP contribution in [0.2, 0.25) is 0 Å². The number of unbranched alkanes of at least 4 members (excludes halogenated alkanes) is 1. The van der Waals surface area contributed by atoms with Gasteiger partial charge in [0.2, 0.25) is 0 Å². The number of hydrogen-bond acceptors (Lipinski definition) is 4. The first-order chi connectivity index (χ1) is 9.72. The largest absolute Gasteiger partial charge is 0.382 e. The summed E-state index contributed by atoms with van der Waals surface area (Å²) in [4.78, 5) is 4.57. The van der Waals surface area contributed by atoms with Crippen molar-refractivity contribution in [1.29, 1.82) is 0 Å². The Morgan fingerprint density at radius 3 is 2.80 bits per heavy atom. The lowest BCUT2D eigenvalue weighted by Gasteiger charge is -2.17. The number of anilines is 1. The maximum Gasteiger partial charge on any atom is 0.152 e. The van der Waals surface area contributed by atoms with E-state index in [2.05, 4.69) is 10.1 Å². The zero-order valence-corrected chi connectivity index (χ0v) is 12.2. The lowest BCUT2D eigenvalue weighted by atomic mass is 9.92. The van der Waals surface area contributed by atoms with Crippen LogP contribution in [0.5, 0.6) is 0 Å². The van der Waals surface area contributed by atoms with Gasteiger partial charge in [-0.05, 0) is 57.1 Å². The molecule has 2 heterocycles. The van der Waals surface area contributed by atoms with Gasteiger partial charge in [0.25, 0.3) is 0 Å². The molecule has 0 saturated carbocycles. The van der Waals surface area contributed by atoms with Crippen molar-refractivity contribution in [2.24, 2.45) is 12.8 Å². The predicted octanol–water partition coefficient (Wildman–Crippen LogP) is 1.71. The Morgan fingerprint density at radius 2 is 2.00 bits per heavy atom. The highest BCUT2D eigenvalue weighted by molar-refractivity contribution is 5.93. The Bertz CT molecular complexity index is 629. The Balaban J connectivity index is 2.13. The number of rotatable bonds is 4. The van der Waals surface area contributed by atoms with Gasteiger partial charge in [-0.2, -0.15) is 5.10 Å². The fourth-order valence-electron chi connectivity index (χ4n) is 3.26. The van der Waals surface area contributed by atoms with E-state index in [-0.39, 0.29) is 0 Å². The molecule has 5 heteroatoms. The zero-order valence-electron chi connectivity index (χ0n) is 12.2. The summed E-state index contributed by atoms with van der Waals surface area (Å²) >= 11 is 0. The van der Waals surface area contributed by atoms with Crippen molar-refractivity contribution in [3.8, 4) is 0 Å². The molecule has 0 spiro atoms. The van der Waals surface area contributed by atoms with E-state index in [0.717, 1.165) is 44.2 Å². The Labute approximate surface area is 119 Å². The Kier molecular flexibility index (Phi) is 3.61. The van der Waals surface area contributed by atoms with Gasteiger partial charge in [-0.25, -0.2) is 4.98 Å². The minimum Gasteiger partial charge on any atom is -0.382 e. The molecule has 0 aromatic carbocycles. The van der Waals surface area contributed by atoms with Crippen molar-refractivity contribution < 1.29 is 0 Å². The number of aromatic nitrogens is 3. The summed E-state index contributed by atoms with van der Waals surface area (Å²) in [5.74, 6) is 0.585. The third kappa shape index (κ3) is 2.16. The van der Waals surface area contributed by atoms with Crippen LogP contribution in [-0.4, -0.2) is 21.3 Å². The lowest BCUT2D eigenvalue weighted by Crippen LogP contribution is -2.09. The number of nitrogens with two attached hydrogens (primary N) is 2. The summed E-state index contributed by atoms with van der Waals surface area (Å²) in [7, 11) is 2.01. The second-order valence-electron chi connectivity index (χ2n) is 5.67. The molecule has 0 unspecified atom stereocenters. The third-order valence-corrected chi connectivity index (χ3v) is 4.27. The van der Waals surface area contributed by atoms with Gasteiger partial charge in [0.1, 0.15) is 5.52 Å². The molecule has 1 aliphatic carbocycles. The fraction of sp³-hybridized carbons (Fsp3) is 0.600. The van der Waals surface area contributed by atoms with Crippen molar-refractivity contribution in [2.75, 3.05) is 12.3 Å². The number of hydrogen-bond donors (Lipinski definition) is 2. The number of aryl methyl sites for hydroxylation is 4. The summed E-state index contributed by atoms with van der Waals surface area (Å²) in [5, 5.41) is 5.87. The van der Waals surface area contributed by atoms with Crippen LogP contribution in [0.15, 0.2) is 0 Å². The van der Waals surface area contributed by atoms with Crippen molar-refractivity contribution in [2.45, 2.75) is 44.9 Å². The Hall–Kier alpha value is -1.62. The minimum atomic E-state index is 0.585. The molecule has 4 N–H and O–H groups in total. The second-order valence-corrected chi connectivity index (χ2v) is 5.67. The summed E-state index contributed by atoms with van der Waals surface area (Å²) in [6.07, 6.45) is 7.78. The standard InChI is InChI=1S/C15H23N5/c1-20-12(8-4-5-9-16)13-10-6-2-3-7-11(10)18-15(17)14(13)19-20/h2-9,16H2,1H3,(H2,17,18). The summed E-state index contributed by atoms with van der Waals surface area (Å²) in [6, 6.07) is 0. The molecule has 5 nitrogen and oxygen atoms in total. The van der Waals surface area contributed by atoms with Gasteiger partial charge in [0, 0.05) is 23.8 Å². The van der Waals surface area contributed by atoms with Crippen molar-refractivity contribution in [3.63, 3.8) is 0 Å². The number of fused-ring (bicyclic) bond motifs is 3. The molecule has 0 atom stereocenters. The molecule has 108 valence electrons. The summed E-state index contributed by atoms with van der Waals surface area (Å²) in [6.45, 7) is 0.748. The van der Waals surface area contributed by atoms with Crippen LogP contribution in [-0.2, 0) is 26.3 Å². The van der Waals surface area contributed by atoms with Gasteiger partial charge in [-0.1, -0.05) is 0 Å². The van der Waals surface area contributed by atoms with Gasteiger partial charge >= 0.3 is 0 Å². The van der Waals surface area contributed by atoms with Crippen LogP contribution in [0.1, 0.15) is 42.6 Å². The molecule has 20 heavy (non-hydrogen) atoms. The number of pyridine rings is 1. The van der Waals surface area contributed by atoms with Crippen molar-refractivity contribution >= 4 is 16.7 Å². The average molecular weight is 273 g/mol. The molecule has 0 amide bonds. The molecule has 2 aromatic rings. The molecule has 0 radical (unpaired) electrons. The highest BCUT2D eigenvalue weighted by Crippen LogP contribution is 2.33. The second kappa shape index (κ2) is 5.40. The number of nitrogens with zero attached hydrogens (tertiary/aromatic N) is 3. The van der Waals surface area contributed by atoms with Crippen LogP contribution >= 0.6 is 0 Å². The summed E-state index contributed by atoms with van der Waals surface area (Å²) < 4.78 is 1.98. The molecule has 3 rings (SSSR count). The smallest absolute Gasteiger partial charge is 0.152 e. The maximum atomic E-state index is 6.11. The maximum absolute atomic E-state index is 6.11. The SMILES string of the molecule is Cn1nc2c(N)nc3c(c2c1CCCCN)CCCC3. The highest BCUT2D eigenvalue weighted by Gasteiger charge is 2.21. The molecule has 0 aliphatic heterocycles. The quantitative estimate of drug-likeness (QED) is 0.831. The van der Waals surface area contributed by atoms with E-state index in [0.29, 0.717) is 5.82 Å². The van der Waals surface area contributed by atoms with E-state index in [1.54, 1.807) is 0 Å². The topological polar surface area (TPSA) is 82.8 Å². The average Bonchev–Trinajstić information content (AvgIpc) is 2.78. The predicted molar refractivity (Wildman–Crippen MR) is 81.6 cm³/mol. The molecule has 0 bridgehead atoms. The first-order valence-corrected chi connectivity index (χ1v) is 7.55. The van der Waals surface area contributed by atoms with Crippen LogP contribution in [0.4, 0.5) is 5.82 Å². The molecular formula is C15H23N5. The summed E-state index contributed by atoms with van der Waals surface area (Å²) in [5.41, 5.74) is 16.5. The Morgan fingerprint density at radius 1 is 1.20 bits per heavy atom. The van der Waals surface area contributed by atoms with Crippen molar-refractivity contribution in [1.82, 2.24) is 14.8 Å². The normalized spacial score (nSPS) is 14.7. The van der Waals surface area contributed by atoms with E-state index in [1.807, 2.05) is 11.7 Å². The molecular weight excluding hydrogens is 250 g/mol. The van der Waals surface area contributed by atoms with Gasteiger partial charge in [0.15, 0.2) is 5.82 Å². The first kappa shape index (κ1) is 13.4. The lowest BCUT2D eigenvalue weighted by molar-refractivity contribution is 0.664. The monoisotopic (exact) mass is 273 g/mol. The first-order valence-electron chi connectivity index (χ1n) is 7.55. The van der Waals surface area contributed by atoms with Gasteiger partial charge < -0.3 is 11.5 Å². The van der Waals surface area contributed by atoms with Crippen LogP contribution < -0.4 is 11.5 Å². The van der Waals surface area contributed by atoms with E-state index in [4.69, 9.17) is 11.5 Å². The van der Waals surface area contributed by atoms with Crippen LogP contribution in [0, 0.1) is 0 Å². The fourth-order valence-corrected chi connectivity index (χ4v) is 3.26. The van der Waals surface area contributed by atoms with Crippen LogP contribution in [0.25, 0.3) is 10.9 Å². The van der Waals surface area contributed by atoms with Gasteiger partial charge in [-0.3, -0.25) is 4.68 Å². The van der Waals surface area contributed by atoms with Gasteiger partial charge in [-0.15, -0.1) is 0 Å². The van der Waals surface area contributed by atoms with E-state index in [9.17, 15) is 0 Å². The number of nitrogen functional groups attached to an aromatic ring is 1. The highest BCUT2D eigenvalue weighted by atomic mass is 15.3.